The molecule has 1 aromatic carbocycles. The molecule has 0 atom stereocenters. The highest BCUT2D eigenvalue weighted by molar-refractivity contribution is 5.42. The molecule has 0 aliphatic carbocycles. The minimum atomic E-state index is -0.113. The lowest BCUT2D eigenvalue weighted by atomic mass is 10.1. The maximum absolute atomic E-state index is 8.99. The quantitative estimate of drug-likeness (QED) is 0.835. The molecule has 102 valence electrons. The zero-order valence-electron chi connectivity index (χ0n) is 11.8. The Morgan fingerprint density at radius 1 is 1.47 bits per heavy atom. The van der Waals surface area contributed by atoms with Crippen LogP contribution in [0.4, 0.5) is 0 Å². The van der Waals surface area contributed by atoms with Crippen LogP contribution in [0.3, 0.4) is 0 Å². The molecule has 1 aliphatic heterocycles. The van der Waals surface area contributed by atoms with Crippen molar-refractivity contribution in [3.8, 4) is 11.8 Å². The summed E-state index contributed by atoms with van der Waals surface area (Å²) in [5, 5.41) is 8.99. The topological polar surface area (TPSA) is 45.5 Å². The van der Waals surface area contributed by atoms with E-state index in [1.165, 1.54) is 0 Å². The predicted octanol–water partition coefficient (Wildman–Crippen LogP) is 2.18. The second kappa shape index (κ2) is 5.60. The molecule has 19 heavy (non-hydrogen) atoms. The fourth-order valence-electron chi connectivity index (χ4n) is 2.46. The lowest BCUT2D eigenvalue weighted by Crippen LogP contribution is -2.47. The molecule has 1 fully saturated rings. The second-order valence-corrected chi connectivity index (χ2v) is 5.46. The van der Waals surface area contributed by atoms with Crippen LogP contribution in [0.5, 0.6) is 5.75 Å². The van der Waals surface area contributed by atoms with Crippen LogP contribution < -0.4 is 4.74 Å². The summed E-state index contributed by atoms with van der Waals surface area (Å²) in [6.45, 7) is 7.51. The number of nitrogens with zero attached hydrogens (tertiary/aromatic N) is 2. The van der Waals surface area contributed by atoms with E-state index in [1.54, 1.807) is 13.2 Å². The Morgan fingerprint density at radius 2 is 2.26 bits per heavy atom. The highest BCUT2D eigenvalue weighted by Crippen LogP contribution is 2.24. The number of methoxy groups -OCH3 is 1. The van der Waals surface area contributed by atoms with Crippen LogP contribution in [0.2, 0.25) is 0 Å². The molecule has 0 radical (unpaired) electrons. The van der Waals surface area contributed by atoms with Gasteiger partial charge >= 0.3 is 0 Å². The zero-order chi connectivity index (χ0) is 13.9. The number of hydrogen-bond donors (Lipinski definition) is 0. The molecule has 4 nitrogen and oxygen atoms in total. The van der Waals surface area contributed by atoms with Gasteiger partial charge in [0.05, 0.1) is 31.0 Å². The van der Waals surface area contributed by atoms with Gasteiger partial charge in [-0.25, -0.2) is 0 Å². The standard InChI is InChI=1S/C15H20N2O2/c1-15(2)11-17(6-7-19-15)10-13-8-12(9-16)4-5-14(13)18-3/h4-5,8H,6-7,10-11H2,1-3H3. The van der Waals surface area contributed by atoms with E-state index in [1.807, 2.05) is 12.1 Å². The van der Waals surface area contributed by atoms with E-state index in [2.05, 4.69) is 24.8 Å². The van der Waals surface area contributed by atoms with E-state index in [9.17, 15) is 0 Å². The molecule has 0 amide bonds. The average molecular weight is 260 g/mol. The number of hydrogen-bond acceptors (Lipinski definition) is 4. The summed E-state index contributed by atoms with van der Waals surface area (Å²) in [6.07, 6.45) is 0. The number of rotatable bonds is 3. The molecule has 1 heterocycles. The van der Waals surface area contributed by atoms with Crippen LogP contribution in [0.15, 0.2) is 18.2 Å². The number of ether oxygens (including phenoxy) is 2. The van der Waals surface area contributed by atoms with Crippen molar-refractivity contribution in [1.29, 1.82) is 5.26 Å². The molecule has 0 N–H and O–H groups in total. The van der Waals surface area contributed by atoms with Gasteiger partial charge in [0.1, 0.15) is 5.75 Å². The first-order chi connectivity index (χ1) is 9.04. The number of benzene rings is 1. The van der Waals surface area contributed by atoms with Gasteiger partial charge < -0.3 is 9.47 Å². The molecule has 0 unspecified atom stereocenters. The van der Waals surface area contributed by atoms with Crippen LogP contribution in [0.25, 0.3) is 0 Å². The summed E-state index contributed by atoms with van der Waals surface area (Å²) in [4.78, 5) is 2.34. The van der Waals surface area contributed by atoms with Gasteiger partial charge in [-0.05, 0) is 32.0 Å². The van der Waals surface area contributed by atoms with Crippen LogP contribution in [-0.2, 0) is 11.3 Å². The van der Waals surface area contributed by atoms with Gasteiger partial charge in [0.25, 0.3) is 0 Å². The predicted molar refractivity (Wildman–Crippen MR) is 73.0 cm³/mol. The molecular formula is C15H20N2O2. The van der Waals surface area contributed by atoms with Gasteiger partial charge in [-0.15, -0.1) is 0 Å². The highest BCUT2D eigenvalue weighted by Gasteiger charge is 2.27. The number of morpholine rings is 1. The van der Waals surface area contributed by atoms with E-state index < -0.39 is 0 Å². The van der Waals surface area contributed by atoms with Gasteiger partial charge in [-0.3, -0.25) is 4.90 Å². The SMILES string of the molecule is COc1ccc(C#N)cc1CN1CCOC(C)(C)C1. The van der Waals surface area contributed by atoms with Crippen molar-refractivity contribution in [1.82, 2.24) is 4.90 Å². The van der Waals surface area contributed by atoms with Gasteiger partial charge in [0, 0.05) is 25.2 Å². The lowest BCUT2D eigenvalue weighted by Gasteiger charge is -2.38. The Labute approximate surface area is 114 Å². The average Bonchev–Trinajstić information content (AvgIpc) is 2.37. The van der Waals surface area contributed by atoms with Crippen molar-refractivity contribution in [3.63, 3.8) is 0 Å². The Balaban J connectivity index is 2.16. The Morgan fingerprint density at radius 3 is 2.89 bits per heavy atom. The Kier molecular flexibility index (Phi) is 4.08. The van der Waals surface area contributed by atoms with Crippen LogP contribution >= 0.6 is 0 Å². The van der Waals surface area contributed by atoms with Crippen molar-refractivity contribution in [2.24, 2.45) is 0 Å². The maximum Gasteiger partial charge on any atom is 0.123 e. The molecule has 0 aromatic heterocycles. The first-order valence-corrected chi connectivity index (χ1v) is 6.47. The summed E-state index contributed by atoms with van der Waals surface area (Å²) >= 11 is 0. The fraction of sp³-hybridized carbons (Fsp3) is 0.533. The molecule has 0 saturated carbocycles. The summed E-state index contributed by atoms with van der Waals surface area (Å²) < 4.78 is 11.1. The van der Waals surface area contributed by atoms with Crippen LogP contribution in [0.1, 0.15) is 25.0 Å². The molecular weight excluding hydrogens is 240 g/mol. The van der Waals surface area contributed by atoms with Crippen molar-refractivity contribution >= 4 is 0 Å². The largest absolute Gasteiger partial charge is 0.496 e. The van der Waals surface area contributed by atoms with Gasteiger partial charge in [0.15, 0.2) is 0 Å². The molecule has 0 bridgehead atoms. The lowest BCUT2D eigenvalue weighted by molar-refractivity contribution is -0.0883. The summed E-state index contributed by atoms with van der Waals surface area (Å²) in [6, 6.07) is 7.72. The molecule has 1 aromatic rings. The highest BCUT2D eigenvalue weighted by atomic mass is 16.5. The minimum absolute atomic E-state index is 0.113. The first-order valence-electron chi connectivity index (χ1n) is 6.47. The van der Waals surface area contributed by atoms with Crippen molar-refractivity contribution in [2.75, 3.05) is 26.8 Å². The summed E-state index contributed by atoms with van der Waals surface area (Å²) in [5.74, 6) is 0.836. The normalized spacial score (nSPS) is 18.8. The minimum Gasteiger partial charge on any atom is -0.496 e. The van der Waals surface area contributed by atoms with Gasteiger partial charge in [-0.2, -0.15) is 5.26 Å². The molecule has 2 rings (SSSR count). The smallest absolute Gasteiger partial charge is 0.123 e. The molecule has 1 aliphatic rings. The van der Waals surface area contributed by atoms with Crippen molar-refractivity contribution in [3.05, 3.63) is 29.3 Å². The van der Waals surface area contributed by atoms with E-state index >= 15 is 0 Å². The van der Waals surface area contributed by atoms with E-state index in [4.69, 9.17) is 14.7 Å². The monoisotopic (exact) mass is 260 g/mol. The van der Waals surface area contributed by atoms with E-state index in [-0.39, 0.29) is 5.60 Å². The summed E-state index contributed by atoms with van der Waals surface area (Å²) in [7, 11) is 1.66. The molecule has 1 saturated heterocycles. The Hall–Kier alpha value is -1.57. The Bertz CT molecular complexity index is 491. The third kappa shape index (κ3) is 3.46. The molecule has 0 spiro atoms. The van der Waals surface area contributed by atoms with Crippen molar-refractivity contribution < 1.29 is 9.47 Å². The third-order valence-corrected chi connectivity index (χ3v) is 3.31. The second-order valence-electron chi connectivity index (χ2n) is 5.46. The fourth-order valence-corrected chi connectivity index (χ4v) is 2.46. The van der Waals surface area contributed by atoms with Crippen LogP contribution in [-0.4, -0.2) is 37.3 Å². The van der Waals surface area contributed by atoms with E-state index in [0.717, 1.165) is 37.6 Å². The third-order valence-electron chi connectivity index (χ3n) is 3.31. The van der Waals surface area contributed by atoms with Crippen molar-refractivity contribution in [2.45, 2.75) is 26.0 Å². The summed E-state index contributed by atoms with van der Waals surface area (Å²) in [5.41, 5.74) is 1.61. The van der Waals surface area contributed by atoms with Crippen LogP contribution in [0, 0.1) is 11.3 Å². The zero-order valence-corrected chi connectivity index (χ0v) is 11.8. The van der Waals surface area contributed by atoms with Gasteiger partial charge in [-0.1, -0.05) is 0 Å². The van der Waals surface area contributed by atoms with E-state index in [0.29, 0.717) is 5.56 Å². The molecule has 4 heteroatoms. The van der Waals surface area contributed by atoms with Gasteiger partial charge in [0.2, 0.25) is 0 Å². The number of nitriles is 1. The first kappa shape index (κ1) is 13.9. The maximum atomic E-state index is 8.99.